The van der Waals surface area contributed by atoms with E-state index in [1.807, 2.05) is 30.3 Å². The van der Waals surface area contributed by atoms with Crippen molar-refractivity contribution < 1.29 is 14.7 Å². The van der Waals surface area contributed by atoms with E-state index >= 15 is 0 Å². The highest BCUT2D eigenvalue weighted by atomic mass is 16.4. The summed E-state index contributed by atoms with van der Waals surface area (Å²) in [6, 6.07) is 9.64. The van der Waals surface area contributed by atoms with E-state index in [4.69, 9.17) is 5.11 Å². The maximum atomic E-state index is 11.8. The van der Waals surface area contributed by atoms with Crippen LogP contribution in [0.4, 0.5) is 0 Å². The number of amides is 1. The van der Waals surface area contributed by atoms with Crippen LogP contribution < -0.4 is 5.32 Å². The largest absolute Gasteiger partial charge is 0.480 e. The van der Waals surface area contributed by atoms with Gasteiger partial charge in [-0.15, -0.1) is 0 Å². The van der Waals surface area contributed by atoms with Gasteiger partial charge in [0.05, 0.1) is 0 Å². The van der Waals surface area contributed by atoms with Crippen molar-refractivity contribution in [1.82, 2.24) is 15.5 Å². The Morgan fingerprint density at radius 3 is 2.58 bits per heavy atom. The number of carbonyl (C=O) groups excluding carboxylic acids is 1. The Morgan fingerprint density at radius 1 is 1.26 bits per heavy atom. The first-order chi connectivity index (χ1) is 9.16. The lowest BCUT2D eigenvalue weighted by Crippen LogP contribution is -2.42. The Bertz CT molecular complexity index is 552. The molecule has 0 fully saturated rings. The molecule has 0 bridgehead atoms. The van der Waals surface area contributed by atoms with Gasteiger partial charge in [0, 0.05) is 12.6 Å². The lowest BCUT2D eigenvalue weighted by molar-refractivity contribution is -0.139. The molecule has 2 rings (SSSR count). The monoisotopic (exact) mass is 259 g/mol. The van der Waals surface area contributed by atoms with E-state index in [2.05, 4.69) is 15.5 Å². The minimum absolute atomic E-state index is 0.232. The van der Waals surface area contributed by atoms with Crippen LogP contribution in [-0.4, -0.2) is 33.2 Å². The van der Waals surface area contributed by atoms with Gasteiger partial charge in [-0.25, -0.2) is 4.79 Å². The second-order valence-corrected chi connectivity index (χ2v) is 4.02. The number of aromatic nitrogens is 2. The number of carboxylic acids is 1. The number of benzene rings is 1. The van der Waals surface area contributed by atoms with E-state index in [0.717, 1.165) is 5.56 Å². The van der Waals surface area contributed by atoms with Crippen LogP contribution in [0.5, 0.6) is 0 Å². The molecule has 2 aromatic rings. The predicted octanol–water partition coefficient (Wildman–Crippen LogP) is 0.835. The van der Waals surface area contributed by atoms with Crippen molar-refractivity contribution in [2.45, 2.75) is 12.5 Å². The third kappa shape index (κ3) is 3.41. The third-order valence-corrected chi connectivity index (χ3v) is 2.63. The van der Waals surface area contributed by atoms with Gasteiger partial charge >= 0.3 is 5.97 Å². The van der Waals surface area contributed by atoms with Crippen molar-refractivity contribution in [2.75, 3.05) is 0 Å². The standard InChI is InChI=1S/C13H13N3O3/c17-12(10-6-7-14-16-10)15-11(13(18)19)8-9-4-2-1-3-5-9/h1-7,11H,8H2,(H,14,16)(H,15,17)(H,18,19). The molecule has 0 spiro atoms. The van der Waals surface area contributed by atoms with Crippen molar-refractivity contribution in [3.8, 4) is 0 Å². The fraction of sp³-hybridized carbons (Fsp3) is 0.154. The normalized spacial score (nSPS) is 11.8. The first kappa shape index (κ1) is 12.8. The zero-order valence-corrected chi connectivity index (χ0v) is 10.0. The summed E-state index contributed by atoms with van der Waals surface area (Å²) >= 11 is 0. The highest BCUT2D eigenvalue weighted by Gasteiger charge is 2.21. The van der Waals surface area contributed by atoms with Gasteiger partial charge in [-0.3, -0.25) is 9.89 Å². The first-order valence-electron chi connectivity index (χ1n) is 5.74. The molecule has 0 aliphatic carbocycles. The van der Waals surface area contributed by atoms with Gasteiger partial charge in [-0.05, 0) is 11.6 Å². The molecule has 0 aliphatic heterocycles. The SMILES string of the molecule is O=C(NC(Cc1ccccc1)C(=O)O)c1ccn[nH]1. The molecule has 1 atom stereocenters. The smallest absolute Gasteiger partial charge is 0.326 e. The average Bonchev–Trinajstić information content (AvgIpc) is 2.93. The van der Waals surface area contributed by atoms with Crippen molar-refractivity contribution >= 4 is 11.9 Å². The number of hydrogen-bond donors (Lipinski definition) is 3. The van der Waals surface area contributed by atoms with Crippen LogP contribution in [0.1, 0.15) is 16.1 Å². The van der Waals surface area contributed by atoms with Crippen LogP contribution >= 0.6 is 0 Å². The van der Waals surface area contributed by atoms with Gasteiger partial charge in [0.2, 0.25) is 0 Å². The van der Waals surface area contributed by atoms with E-state index in [-0.39, 0.29) is 12.1 Å². The number of hydrogen-bond acceptors (Lipinski definition) is 3. The third-order valence-electron chi connectivity index (χ3n) is 2.63. The molecule has 6 nitrogen and oxygen atoms in total. The summed E-state index contributed by atoms with van der Waals surface area (Å²) in [7, 11) is 0. The van der Waals surface area contributed by atoms with E-state index in [0.29, 0.717) is 0 Å². The molecule has 3 N–H and O–H groups in total. The molecular weight excluding hydrogens is 246 g/mol. The number of rotatable bonds is 5. The topological polar surface area (TPSA) is 95.1 Å². The lowest BCUT2D eigenvalue weighted by atomic mass is 10.1. The van der Waals surface area contributed by atoms with Gasteiger partial charge in [-0.2, -0.15) is 5.10 Å². The van der Waals surface area contributed by atoms with E-state index < -0.39 is 17.9 Å². The predicted molar refractivity (Wildman–Crippen MR) is 67.6 cm³/mol. The van der Waals surface area contributed by atoms with Crippen molar-refractivity contribution in [3.63, 3.8) is 0 Å². The summed E-state index contributed by atoms with van der Waals surface area (Å²) in [5, 5.41) is 17.7. The number of nitrogens with one attached hydrogen (secondary N) is 2. The zero-order valence-electron chi connectivity index (χ0n) is 10.0. The van der Waals surface area contributed by atoms with Crippen LogP contribution in [0, 0.1) is 0 Å². The van der Waals surface area contributed by atoms with Crippen LogP contribution in [0.2, 0.25) is 0 Å². The molecule has 0 radical (unpaired) electrons. The molecule has 0 saturated carbocycles. The van der Waals surface area contributed by atoms with Crippen LogP contribution in [0.25, 0.3) is 0 Å². The van der Waals surface area contributed by atoms with Gasteiger partial charge < -0.3 is 10.4 Å². The molecule has 1 aromatic carbocycles. The molecule has 1 unspecified atom stereocenters. The molecule has 1 amide bonds. The van der Waals surface area contributed by atoms with E-state index in [9.17, 15) is 9.59 Å². The highest BCUT2D eigenvalue weighted by Crippen LogP contribution is 2.04. The summed E-state index contributed by atoms with van der Waals surface area (Å²) in [5.41, 5.74) is 1.08. The summed E-state index contributed by atoms with van der Waals surface area (Å²) in [4.78, 5) is 22.9. The highest BCUT2D eigenvalue weighted by molar-refractivity contribution is 5.94. The minimum atomic E-state index is -1.07. The molecule has 0 aliphatic rings. The maximum absolute atomic E-state index is 11.8. The van der Waals surface area contributed by atoms with Gasteiger partial charge in [0.15, 0.2) is 0 Å². The second kappa shape index (κ2) is 5.81. The van der Waals surface area contributed by atoms with Crippen molar-refractivity contribution in [2.24, 2.45) is 0 Å². The summed E-state index contributed by atoms with van der Waals surface area (Å²) in [6.45, 7) is 0. The van der Waals surface area contributed by atoms with E-state index in [1.54, 1.807) is 0 Å². The van der Waals surface area contributed by atoms with Crippen LogP contribution in [0.3, 0.4) is 0 Å². The molecule has 98 valence electrons. The van der Waals surface area contributed by atoms with Gasteiger partial charge in [-0.1, -0.05) is 30.3 Å². The molecular formula is C13H13N3O3. The molecule has 0 saturated heterocycles. The lowest BCUT2D eigenvalue weighted by Gasteiger charge is -2.13. The average molecular weight is 259 g/mol. The van der Waals surface area contributed by atoms with Gasteiger partial charge in [0.25, 0.3) is 5.91 Å². The second-order valence-electron chi connectivity index (χ2n) is 4.02. The number of aromatic amines is 1. The van der Waals surface area contributed by atoms with Crippen molar-refractivity contribution in [1.29, 1.82) is 0 Å². The number of carboxylic acid groups (broad SMARTS) is 1. The Labute approximate surface area is 109 Å². The summed E-state index contributed by atoms with van der Waals surface area (Å²) in [5.74, 6) is -1.56. The van der Waals surface area contributed by atoms with Crippen LogP contribution in [0.15, 0.2) is 42.6 Å². The van der Waals surface area contributed by atoms with E-state index in [1.165, 1.54) is 12.3 Å². The fourth-order valence-corrected chi connectivity index (χ4v) is 1.67. The Kier molecular flexibility index (Phi) is 3.92. The van der Waals surface area contributed by atoms with Crippen LogP contribution in [-0.2, 0) is 11.2 Å². The Hall–Kier alpha value is -2.63. The maximum Gasteiger partial charge on any atom is 0.326 e. The Morgan fingerprint density at radius 2 is 2.00 bits per heavy atom. The Balaban J connectivity index is 2.05. The fourth-order valence-electron chi connectivity index (χ4n) is 1.67. The van der Waals surface area contributed by atoms with Crippen molar-refractivity contribution in [3.05, 3.63) is 53.9 Å². The quantitative estimate of drug-likeness (QED) is 0.741. The molecule has 19 heavy (non-hydrogen) atoms. The molecule has 6 heteroatoms. The number of H-pyrrole nitrogens is 1. The van der Waals surface area contributed by atoms with Gasteiger partial charge in [0.1, 0.15) is 11.7 Å². The molecule has 1 aromatic heterocycles. The minimum Gasteiger partial charge on any atom is -0.480 e. The summed E-state index contributed by atoms with van der Waals surface area (Å²) < 4.78 is 0. The number of aliphatic carboxylic acids is 1. The zero-order chi connectivity index (χ0) is 13.7. The summed E-state index contributed by atoms with van der Waals surface area (Å²) in [6.07, 6.45) is 1.66. The first-order valence-corrected chi connectivity index (χ1v) is 5.74. The number of nitrogens with zero attached hydrogens (tertiary/aromatic N) is 1. The molecule has 1 heterocycles. The number of carbonyl (C=O) groups is 2.